The molecule has 0 heterocycles. The van der Waals surface area contributed by atoms with E-state index in [4.69, 9.17) is 0 Å². The maximum Gasteiger partial charge on any atom is 0.236 e. The molecule has 16 heavy (non-hydrogen) atoms. The molecule has 1 aromatic rings. The normalized spacial score (nSPS) is 10.5. The summed E-state index contributed by atoms with van der Waals surface area (Å²) in [7, 11) is 1.83. The number of carbonyl (C=O) groups excluding carboxylic acids is 1. The van der Waals surface area contributed by atoms with Crippen LogP contribution in [-0.2, 0) is 4.79 Å². The van der Waals surface area contributed by atoms with E-state index in [9.17, 15) is 4.79 Å². The van der Waals surface area contributed by atoms with E-state index < -0.39 is 0 Å². The average molecular weight is 237 g/mol. The SMILES string of the molecule is CC(C)CSCC(=O)N(C)c1ccccc1. The molecule has 2 nitrogen and oxygen atoms in total. The highest BCUT2D eigenvalue weighted by molar-refractivity contribution is 7.99. The Bertz CT molecular complexity index is 324. The lowest BCUT2D eigenvalue weighted by Crippen LogP contribution is -2.28. The van der Waals surface area contributed by atoms with Crippen molar-refractivity contribution in [2.75, 3.05) is 23.5 Å². The molecule has 0 radical (unpaired) electrons. The van der Waals surface area contributed by atoms with Gasteiger partial charge in [0.25, 0.3) is 0 Å². The van der Waals surface area contributed by atoms with Gasteiger partial charge in [0.2, 0.25) is 5.91 Å². The second-order valence-electron chi connectivity index (χ2n) is 4.20. The Morgan fingerprint density at radius 3 is 2.50 bits per heavy atom. The van der Waals surface area contributed by atoms with Crippen LogP contribution >= 0.6 is 11.8 Å². The van der Waals surface area contributed by atoms with Crippen LogP contribution in [-0.4, -0.2) is 24.5 Å². The number of nitrogens with zero attached hydrogens (tertiary/aromatic N) is 1. The van der Waals surface area contributed by atoms with E-state index in [1.165, 1.54) is 0 Å². The van der Waals surface area contributed by atoms with Crippen molar-refractivity contribution in [3.8, 4) is 0 Å². The van der Waals surface area contributed by atoms with Crippen molar-refractivity contribution in [2.24, 2.45) is 5.92 Å². The van der Waals surface area contributed by atoms with E-state index in [0.717, 1.165) is 11.4 Å². The third kappa shape index (κ3) is 4.27. The van der Waals surface area contributed by atoms with Gasteiger partial charge in [-0.1, -0.05) is 32.0 Å². The van der Waals surface area contributed by atoms with Crippen LogP contribution in [0.15, 0.2) is 30.3 Å². The third-order valence-corrected chi connectivity index (χ3v) is 3.55. The first kappa shape index (κ1) is 13.1. The number of thioether (sulfide) groups is 1. The van der Waals surface area contributed by atoms with Gasteiger partial charge in [0.05, 0.1) is 5.75 Å². The third-order valence-electron chi connectivity index (χ3n) is 2.19. The maximum atomic E-state index is 11.8. The molecule has 0 fully saturated rings. The lowest BCUT2D eigenvalue weighted by atomic mass is 10.3. The Hall–Kier alpha value is -0.960. The molecule has 0 unspecified atom stereocenters. The molecule has 0 aliphatic rings. The zero-order valence-corrected chi connectivity index (χ0v) is 11.0. The zero-order chi connectivity index (χ0) is 12.0. The van der Waals surface area contributed by atoms with Crippen LogP contribution in [0.4, 0.5) is 5.69 Å². The van der Waals surface area contributed by atoms with Crippen LogP contribution in [0.1, 0.15) is 13.8 Å². The van der Waals surface area contributed by atoms with Crippen LogP contribution in [0.25, 0.3) is 0 Å². The molecular weight excluding hydrogens is 218 g/mol. The predicted octanol–water partition coefficient (Wildman–Crippen LogP) is 3.04. The summed E-state index contributed by atoms with van der Waals surface area (Å²) in [5.74, 6) is 2.40. The molecule has 0 N–H and O–H groups in total. The van der Waals surface area contributed by atoms with Crippen molar-refractivity contribution in [1.29, 1.82) is 0 Å². The lowest BCUT2D eigenvalue weighted by Gasteiger charge is -2.17. The van der Waals surface area contributed by atoms with E-state index in [1.54, 1.807) is 16.7 Å². The summed E-state index contributed by atoms with van der Waals surface area (Å²) < 4.78 is 0. The molecule has 0 aliphatic heterocycles. The Morgan fingerprint density at radius 2 is 1.94 bits per heavy atom. The van der Waals surface area contributed by atoms with Crippen LogP contribution < -0.4 is 4.90 Å². The van der Waals surface area contributed by atoms with Crippen molar-refractivity contribution >= 4 is 23.4 Å². The van der Waals surface area contributed by atoms with Crippen molar-refractivity contribution in [2.45, 2.75) is 13.8 Å². The predicted molar refractivity (Wildman–Crippen MR) is 72.0 cm³/mol. The summed E-state index contributed by atoms with van der Waals surface area (Å²) in [6.07, 6.45) is 0. The number of carbonyl (C=O) groups is 1. The standard InChI is InChI=1S/C13H19NOS/c1-11(2)9-16-10-13(15)14(3)12-7-5-4-6-8-12/h4-8,11H,9-10H2,1-3H3. The first-order valence-corrected chi connectivity index (χ1v) is 6.66. The monoisotopic (exact) mass is 237 g/mol. The molecule has 0 saturated heterocycles. The molecule has 0 aliphatic carbocycles. The second-order valence-corrected chi connectivity index (χ2v) is 5.23. The van der Waals surface area contributed by atoms with Crippen LogP contribution in [0.2, 0.25) is 0 Å². The van der Waals surface area contributed by atoms with Gasteiger partial charge in [-0.05, 0) is 23.8 Å². The highest BCUT2D eigenvalue weighted by atomic mass is 32.2. The second kappa shape index (κ2) is 6.59. The van der Waals surface area contributed by atoms with Gasteiger partial charge in [-0.25, -0.2) is 0 Å². The van der Waals surface area contributed by atoms with Gasteiger partial charge in [0, 0.05) is 12.7 Å². The van der Waals surface area contributed by atoms with E-state index in [0.29, 0.717) is 11.7 Å². The summed E-state index contributed by atoms with van der Waals surface area (Å²) in [6.45, 7) is 4.33. The van der Waals surface area contributed by atoms with Gasteiger partial charge < -0.3 is 4.90 Å². The Labute approximate surface area is 102 Å². The number of anilines is 1. The van der Waals surface area contributed by atoms with Crippen molar-refractivity contribution in [3.63, 3.8) is 0 Å². The van der Waals surface area contributed by atoms with Crippen molar-refractivity contribution in [3.05, 3.63) is 30.3 Å². The van der Waals surface area contributed by atoms with Crippen LogP contribution in [0, 0.1) is 5.92 Å². The number of hydrogen-bond acceptors (Lipinski definition) is 2. The van der Waals surface area contributed by atoms with Gasteiger partial charge in [0.1, 0.15) is 0 Å². The molecule has 1 rings (SSSR count). The molecular formula is C13H19NOS. The zero-order valence-electron chi connectivity index (χ0n) is 10.1. The minimum Gasteiger partial charge on any atom is -0.315 e. The maximum absolute atomic E-state index is 11.8. The Kier molecular flexibility index (Phi) is 5.39. The van der Waals surface area contributed by atoms with Gasteiger partial charge in [-0.2, -0.15) is 11.8 Å². The molecule has 88 valence electrons. The van der Waals surface area contributed by atoms with E-state index in [2.05, 4.69) is 13.8 Å². The molecule has 1 aromatic carbocycles. The molecule has 0 aromatic heterocycles. The number of benzene rings is 1. The molecule has 1 amide bonds. The molecule has 0 spiro atoms. The highest BCUT2D eigenvalue weighted by Gasteiger charge is 2.10. The van der Waals surface area contributed by atoms with Gasteiger partial charge >= 0.3 is 0 Å². The molecule has 0 atom stereocenters. The summed E-state index contributed by atoms with van der Waals surface area (Å²) >= 11 is 1.70. The number of hydrogen-bond donors (Lipinski definition) is 0. The fourth-order valence-electron chi connectivity index (χ4n) is 1.27. The summed E-state index contributed by atoms with van der Waals surface area (Å²) in [4.78, 5) is 13.5. The van der Waals surface area contributed by atoms with Gasteiger partial charge in [-0.3, -0.25) is 4.79 Å². The molecule has 0 bridgehead atoms. The van der Waals surface area contributed by atoms with Crippen LogP contribution in [0.5, 0.6) is 0 Å². The number of amides is 1. The highest BCUT2D eigenvalue weighted by Crippen LogP contribution is 2.14. The summed E-state index contributed by atoms with van der Waals surface area (Å²) in [5.41, 5.74) is 0.956. The first-order valence-electron chi connectivity index (χ1n) is 5.50. The Balaban J connectivity index is 2.43. The largest absolute Gasteiger partial charge is 0.315 e. The fraction of sp³-hybridized carbons (Fsp3) is 0.462. The van der Waals surface area contributed by atoms with Crippen molar-refractivity contribution in [1.82, 2.24) is 0 Å². The Morgan fingerprint density at radius 1 is 1.31 bits per heavy atom. The van der Waals surface area contributed by atoms with Crippen molar-refractivity contribution < 1.29 is 4.79 Å². The molecule has 0 saturated carbocycles. The van der Waals surface area contributed by atoms with E-state index in [1.807, 2.05) is 37.4 Å². The van der Waals surface area contributed by atoms with Gasteiger partial charge in [-0.15, -0.1) is 0 Å². The topological polar surface area (TPSA) is 20.3 Å². The minimum absolute atomic E-state index is 0.164. The minimum atomic E-state index is 0.164. The number of para-hydroxylation sites is 1. The number of rotatable bonds is 5. The summed E-state index contributed by atoms with van der Waals surface area (Å²) in [6, 6.07) is 9.74. The van der Waals surface area contributed by atoms with E-state index in [-0.39, 0.29) is 5.91 Å². The van der Waals surface area contributed by atoms with E-state index >= 15 is 0 Å². The molecule has 3 heteroatoms. The van der Waals surface area contributed by atoms with Crippen LogP contribution in [0.3, 0.4) is 0 Å². The summed E-state index contributed by atoms with van der Waals surface area (Å²) in [5, 5.41) is 0. The lowest BCUT2D eigenvalue weighted by molar-refractivity contribution is -0.115. The quantitative estimate of drug-likeness (QED) is 0.784. The fourth-order valence-corrected chi connectivity index (χ4v) is 2.23. The van der Waals surface area contributed by atoms with Gasteiger partial charge in [0.15, 0.2) is 0 Å². The average Bonchev–Trinajstić information content (AvgIpc) is 2.28. The smallest absolute Gasteiger partial charge is 0.236 e. The first-order chi connectivity index (χ1) is 7.61.